The maximum absolute atomic E-state index is 12.7. The van der Waals surface area contributed by atoms with E-state index in [1.165, 1.54) is 19.3 Å². The Morgan fingerprint density at radius 2 is 1.90 bits per heavy atom. The molecule has 1 amide bonds. The van der Waals surface area contributed by atoms with Crippen LogP contribution < -0.4 is 5.32 Å². The van der Waals surface area contributed by atoms with Crippen LogP contribution in [0, 0.1) is 5.92 Å². The van der Waals surface area contributed by atoms with Crippen LogP contribution in [0.15, 0.2) is 0 Å². The van der Waals surface area contributed by atoms with Crippen LogP contribution in [0.5, 0.6) is 0 Å². The van der Waals surface area contributed by atoms with Crippen LogP contribution in [0.1, 0.15) is 45.4 Å². The number of nitrogens with zero attached hydrogens (tertiary/aromatic N) is 2. The molecule has 4 heteroatoms. The van der Waals surface area contributed by atoms with Gasteiger partial charge in [-0.2, -0.15) is 0 Å². The van der Waals surface area contributed by atoms with Crippen molar-refractivity contribution in [1.29, 1.82) is 0 Å². The molecule has 0 bridgehead atoms. The molecule has 116 valence electrons. The van der Waals surface area contributed by atoms with E-state index in [0.29, 0.717) is 24.3 Å². The maximum Gasteiger partial charge on any atom is 0.224 e. The monoisotopic (exact) mass is 281 g/mol. The van der Waals surface area contributed by atoms with Gasteiger partial charge in [0, 0.05) is 31.1 Å². The number of hydrogen-bond acceptors (Lipinski definition) is 3. The summed E-state index contributed by atoms with van der Waals surface area (Å²) in [6.45, 7) is 4.07. The van der Waals surface area contributed by atoms with E-state index in [2.05, 4.69) is 36.1 Å². The molecule has 1 saturated heterocycles. The van der Waals surface area contributed by atoms with Gasteiger partial charge in [0.25, 0.3) is 0 Å². The van der Waals surface area contributed by atoms with E-state index in [1.54, 1.807) is 0 Å². The maximum atomic E-state index is 12.7. The van der Waals surface area contributed by atoms with Crippen molar-refractivity contribution in [2.75, 3.05) is 34.2 Å². The molecular formula is C16H31N3O. The minimum Gasteiger partial charge on any atom is -0.341 e. The molecule has 1 aliphatic carbocycles. The minimum atomic E-state index is 0.0643. The average Bonchev–Trinajstić information content (AvgIpc) is 2.82. The zero-order chi connectivity index (χ0) is 14.8. The van der Waals surface area contributed by atoms with Gasteiger partial charge in [-0.1, -0.05) is 26.2 Å². The Kier molecular flexibility index (Phi) is 5.08. The summed E-state index contributed by atoms with van der Waals surface area (Å²) in [7, 11) is 6.25. The third kappa shape index (κ3) is 3.34. The molecule has 0 spiro atoms. The molecule has 0 radical (unpaired) electrons. The molecule has 0 aromatic rings. The van der Waals surface area contributed by atoms with E-state index in [1.807, 2.05) is 7.05 Å². The van der Waals surface area contributed by atoms with E-state index in [9.17, 15) is 4.79 Å². The van der Waals surface area contributed by atoms with Crippen LogP contribution in [0.3, 0.4) is 0 Å². The molecule has 0 aromatic heterocycles. The van der Waals surface area contributed by atoms with Crippen LogP contribution in [0.4, 0.5) is 0 Å². The molecule has 20 heavy (non-hydrogen) atoms. The standard InChI is InChI=1S/C16H31N3O/c1-13-11-19(12-14(13)18(3)4)15(20)10-16(17-2)8-6-5-7-9-16/h13-14,17H,5-12H2,1-4H3. The third-order valence-electron chi connectivity index (χ3n) is 5.42. The van der Waals surface area contributed by atoms with Crippen LogP contribution >= 0.6 is 0 Å². The van der Waals surface area contributed by atoms with E-state index < -0.39 is 0 Å². The van der Waals surface area contributed by atoms with Gasteiger partial charge in [0.05, 0.1) is 0 Å². The Labute approximate surface area is 123 Å². The Hall–Kier alpha value is -0.610. The summed E-state index contributed by atoms with van der Waals surface area (Å²) in [6, 6.07) is 0.510. The van der Waals surface area contributed by atoms with Crippen molar-refractivity contribution in [2.45, 2.75) is 57.0 Å². The highest BCUT2D eigenvalue weighted by atomic mass is 16.2. The molecule has 2 rings (SSSR count). The first-order valence-corrected chi connectivity index (χ1v) is 8.10. The zero-order valence-electron chi connectivity index (χ0n) is 13.6. The minimum absolute atomic E-state index is 0.0643. The second kappa shape index (κ2) is 6.44. The summed E-state index contributed by atoms with van der Waals surface area (Å²) < 4.78 is 0. The summed E-state index contributed by atoms with van der Waals surface area (Å²) in [4.78, 5) is 17.0. The summed E-state index contributed by atoms with van der Waals surface area (Å²) in [5, 5.41) is 3.46. The number of nitrogens with one attached hydrogen (secondary N) is 1. The van der Waals surface area contributed by atoms with E-state index in [4.69, 9.17) is 0 Å². The van der Waals surface area contributed by atoms with Gasteiger partial charge in [-0.3, -0.25) is 4.79 Å². The van der Waals surface area contributed by atoms with Crippen molar-refractivity contribution in [3.05, 3.63) is 0 Å². The molecule has 1 N–H and O–H groups in total. The molecular weight excluding hydrogens is 250 g/mol. The summed E-state index contributed by atoms with van der Waals surface area (Å²) in [6.07, 6.45) is 6.80. The topological polar surface area (TPSA) is 35.6 Å². The highest BCUT2D eigenvalue weighted by Gasteiger charge is 2.38. The van der Waals surface area contributed by atoms with E-state index in [0.717, 1.165) is 25.9 Å². The molecule has 1 saturated carbocycles. The predicted molar refractivity (Wildman–Crippen MR) is 82.7 cm³/mol. The number of hydrogen-bond donors (Lipinski definition) is 1. The number of rotatable bonds is 4. The van der Waals surface area contributed by atoms with Crippen molar-refractivity contribution in [3.63, 3.8) is 0 Å². The normalized spacial score (nSPS) is 29.9. The highest BCUT2D eigenvalue weighted by Crippen LogP contribution is 2.32. The Balaban J connectivity index is 1.95. The van der Waals surface area contributed by atoms with Crippen molar-refractivity contribution in [3.8, 4) is 0 Å². The van der Waals surface area contributed by atoms with Gasteiger partial charge in [-0.05, 0) is 39.9 Å². The molecule has 1 aliphatic heterocycles. The summed E-state index contributed by atoms with van der Waals surface area (Å²) >= 11 is 0. The SMILES string of the molecule is CNC1(CC(=O)N2CC(C)C(N(C)C)C2)CCCCC1. The molecule has 1 heterocycles. The van der Waals surface area contributed by atoms with Gasteiger partial charge in [-0.25, -0.2) is 0 Å². The fourth-order valence-electron chi connectivity index (χ4n) is 3.97. The lowest BCUT2D eigenvalue weighted by molar-refractivity contribution is -0.132. The van der Waals surface area contributed by atoms with Gasteiger partial charge >= 0.3 is 0 Å². The number of likely N-dealkylation sites (N-methyl/N-ethyl adjacent to an activating group) is 1. The van der Waals surface area contributed by atoms with Crippen LogP contribution in [0.25, 0.3) is 0 Å². The van der Waals surface area contributed by atoms with Crippen molar-refractivity contribution in [2.24, 2.45) is 5.92 Å². The third-order valence-corrected chi connectivity index (χ3v) is 5.42. The van der Waals surface area contributed by atoms with Crippen molar-refractivity contribution in [1.82, 2.24) is 15.1 Å². The zero-order valence-corrected chi connectivity index (χ0v) is 13.6. The smallest absolute Gasteiger partial charge is 0.224 e. The fourth-order valence-corrected chi connectivity index (χ4v) is 3.97. The number of amides is 1. The van der Waals surface area contributed by atoms with Crippen molar-refractivity contribution < 1.29 is 4.79 Å². The molecule has 2 fully saturated rings. The first-order chi connectivity index (χ1) is 9.47. The Bertz CT molecular complexity index is 337. The highest BCUT2D eigenvalue weighted by molar-refractivity contribution is 5.78. The van der Waals surface area contributed by atoms with Gasteiger partial charge < -0.3 is 15.1 Å². The molecule has 2 aliphatic rings. The van der Waals surface area contributed by atoms with Gasteiger partial charge in [-0.15, -0.1) is 0 Å². The lowest BCUT2D eigenvalue weighted by Crippen LogP contribution is -2.49. The van der Waals surface area contributed by atoms with E-state index in [-0.39, 0.29) is 5.54 Å². The second-order valence-electron chi connectivity index (χ2n) is 7.07. The molecule has 2 unspecified atom stereocenters. The first kappa shape index (κ1) is 15.8. The van der Waals surface area contributed by atoms with Gasteiger partial charge in [0.15, 0.2) is 0 Å². The molecule has 4 nitrogen and oxygen atoms in total. The van der Waals surface area contributed by atoms with Crippen LogP contribution in [-0.2, 0) is 4.79 Å². The number of likely N-dealkylation sites (tertiary alicyclic amines) is 1. The Morgan fingerprint density at radius 3 is 2.40 bits per heavy atom. The lowest BCUT2D eigenvalue weighted by atomic mass is 9.79. The average molecular weight is 281 g/mol. The van der Waals surface area contributed by atoms with Crippen LogP contribution in [0.2, 0.25) is 0 Å². The second-order valence-corrected chi connectivity index (χ2v) is 7.07. The van der Waals surface area contributed by atoms with Crippen LogP contribution in [-0.4, -0.2) is 61.5 Å². The largest absolute Gasteiger partial charge is 0.341 e. The summed E-state index contributed by atoms with van der Waals surface area (Å²) in [5.41, 5.74) is 0.0643. The number of carbonyl (C=O) groups excluding carboxylic acids is 1. The van der Waals surface area contributed by atoms with E-state index >= 15 is 0 Å². The first-order valence-electron chi connectivity index (χ1n) is 8.10. The molecule has 2 atom stereocenters. The van der Waals surface area contributed by atoms with Gasteiger partial charge in [0.2, 0.25) is 5.91 Å². The lowest BCUT2D eigenvalue weighted by Gasteiger charge is -2.37. The predicted octanol–water partition coefficient (Wildman–Crippen LogP) is 1.71. The molecule has 0 aromatic carbocycles. The quantitative estimate of drug-likeness (QED) is 0.852. The Morgan fingerprint density at radius 1 is 1.25 bits per heavy atom. The number of carbonyl (C=O) groups is 1. The fraction of sp³-hybridized carbons (Fsp3) is 0.938. The summed E-state index contributed by atoms with van der Waals surface area (Å²) in [5.74, 6) is 0.920. The van der Waals surface area contributed by atoms with Gasteiger partial charge in [0.1, 0.15) is 0 Å². The van der Waals surface area contributed by atoms with Crippen molar-refractivity contribution >= 4 is 5.91 Å².